The van der Waals surface area contributed by atoms with Crippen molar-refractivity contribution in [2.75, 3.05) is 26.2 Å². The van der Waals surface area contributed by atoms with Crippen LogP contribution < -0.4 is 10.0 Å². The predicted molar refractivity (Wildman–Crippen MR) is 131 cm³/mol. The van der Waals surface area contributed by atoms with Crippen LogP contribution in [0.3, 0.4) is 0 Å². The molecule has 0 bridgehead atoms. The zero-order chi connectivity index (χ0) is 25.4. The molecule has 0 heterocycles. The first-order valence-electron chi connectivity index (χ1n) is 10.7. The topological polar surface area (TPSA) is 119 Å². The van der Waals surface area contributed by atoms with Gasteiger partial charge in [-0.1, -0.05) is 23.2 Å². The van der Waals surface area contributed by atoms with Gasteiger partial charge in [-0.05, 0) is 65.7 Å². The second-order valence-corrected chi connectivity index (χ2v) is 11.5. The molecule has 188 valence electrons. The molecule has 0 aliphatic carbocycles. The molecule has 0 atom stereocenters. The standard InChI is InChI=1S/C21H34Cl2N4O5S/c1-15(2)25-19(28)26(12-13-27(20(29)30)21(3,4)5)11-7-6-10-24-33(31,32)18-9-8-16(22)14-17(18)23/h8-9,14-15,24H,6-7,10-13H2,1-5H3,(H,25,28)(H,29,30). The molecule has 0 saturated carbocycles. The Balaban J connectivity index is 2.68. The van der Waals surface area contributed by atoms with Crippen molar-refractivity contribution in [3.63, 3.8) is 0 Å². The predicted octanol–water partition coefficient (Wildman–Crippen LogP) is 4.25. The molecule has 12 heteroatoms. The Hall–Kier alpha value is -1.75. The van der Waals surface area contributed by atoms with Gasteiger partial charge in [-0.2, -0.15) is 0 Å². The molecule has 0 aliphatic heterocycles. The minimum atomic E-state index is -3.79. The van der Waals surface area contributed by atoms with Crippen LogP contribution in [0.25, 0.3) is 0 Å². The highest BCUT2D eigenvalue weighted by Crippen LogP contribution is 2.24. The van der Waals surface area contributed by atoms with E-state index in [-0.39, 0.29) is 41.6 Å². The molecule has 1 aromatic carbocycles. The van der Waals surface area contributed by atoms with Gasteiger partial charge < -0.3 is 20.2 Å². The third kappa shape index (κ3) is 9.95. The number of urea groups is 1. The molecule has 1 aromatic rings. The Bertz CT molecular complexity index is 920. The fourth-order valence-electron chi connectivity index (χ4n) is 3.00. The van der Waals surface area contributed by atoms with Gasteiger partial charge in [0.25, 0.3) is 0 Å². The van der Waals surface area contributed by atoms with Gasteiger partial charge in [-0.15, -0.1) is 0 Å². The molecule has 3 amide bonds. The van der Waals surface area contributed by atoms with Crippen LogP contribution >= 0.6 is 23.2 Å². The maximum atomic E-state index is 12.6. The Labute approximate surface area is 206 Å². The lowest BCUT2D eigenvalue weighted by Crippen LogP contribution is -2.51. The number of nitrogens with one attached hydrogen (secondary N) is 2. The quantitative estimate of drug-likeness (QED) is 0.373. The molecule has 3 N–H and O–H groups in total. The maximum absolute atomic E-state index is 12.6. The van der Waals surface area contributed by atoms with E-state index in [1.165, 1.54) is 23.1 Å². The summed E-state index contributed by atoms with van der Waals surface area (Å²) in [5, 5.41) is 12.7. The van der Waals surface area contributed by atoms with Crippen LogP contribution in [0, 0.1) is 0 Å². The van der Waals surface area contributed by atoms with E-state index in [0.29, 0.717) is 24.4 Å². The lowest BCUT2D eigenvalue weighted by molar-refractivity contribution is 0.0927. The molecule has 33 heavy (non-hydrogen) atoms. The Kier molecular flexibility index (Phi) is 11.2. The number of benzene rings is 1. The summed E-state index contributed by atoms with van der Waals surface area (Å²) < 4.78 is 27.4. The molecule has 0 aliphatic rings. The van der Waals surface area contributed by atoms with Crippen LogP contribution in [-0.2, 0) is 10.0 Å². The summed E-state index contributed by atoms with van der Waals surface area (Å²) in [6.07, 6.45) is -0.0648. The molecule has 0 spiro atoms. The van der Waals surface area contributed by atoms with E-state index < -0.39 is 21.7 Å². The molecular weight excluding hydrogens is 491 g/mol. The number of unbranched alkanes of at least 4 members (excludes halogenated alkanes) is 1. The zero-order valence-electron chi connectivity index (χ0n) is 19.7. The van der Waals surface area contributed by atoms with Crippen molar-refractivity contribution in [1.82, 2.24) is 19.8 Å². The van der Waals surface area contributed by atoms with Gasteiger partial charge in [0, 0.05) is 42.8 Å². The van der Waals surface area contributed by atoms with E-state index in [2.05, 4.69) is 10.0 Å². The van der Waals surface area contributed by atoms with Gasteiger partial charge in [-0.3, -0.25) is 0 Å². The minimum Gasteiger partial charge on any atom is -0.465 e. The number of hydrogen-bond acceptors (Lipinski definition) is 4. The van der Waals surface area contributed by atoms with Crippen LogP contribution in [0.15, 0.2) is 23.1 Å². The number of rotatable bonds is 11. The van der Waals surface area contributed by atoms with Crippen molar-refractivity contribution in [2.45, 2.75) is 63.9 Å². The average Bonchev–Trinajstić information content (AvgIpc) is 2.63. The number of carbonyl (C=O) groups excluding carboxylic acids is 1. The van der Waals surface area contributed by atoms with Gasteiger partial charge >= 0.3 is 12.1 Å². The average molecular weight is 525 g/mol. The van der Waals surface area contributed by atoms with E-state index in [1.54, 1.807) is 25.7 Å². The summed E-state index contributed by atoms with van der Waals surface area (Å²) in [5.41, 5.74) is -0.604. The van der Waals surface area contributed by atoms with E-state index >= 15 is 0 Å². The first kappa shape index (κ1) is 29.3. The largest absolute Gasteiger partial charge is 0.465 e. The number of amides is 3. The smallest absolute Gasteiger partial charge is 0.407 e. The highest BCUT2D eigenvalue weighted by atomic mass is 35.5. The number of carboxylic acid groups (broad SMARTS) is 1. The summed E-state index contributed by atoms with van der Waals surface area (Å²) in [6.45, 7) is 9.93. The van der Waals surface area contributed by atoms with Gasteiger partial charge in [0.2, 0.25) is 10.0 Å². The second kappa shape index (κ2) is 12.6. The molecular formula is C21H34Cl2N4O5S. The SMILES string of the molecule is CC(C)NC(=O)N(CCCCNS(=O)(=O)c1ccc(Cl)cc1Cl)CCN(C(=O)O)C(C)(C)C. The minimum absolute atomic E-state index is 0.0355. The third-order valence-electron chi connectivity index (χ3n) is 4.66. The monoisotopic (exact) mass is 524 g/mol. The van der Waals surface area contributed by atoms with Crippen molar-refractivity contribution in [1.29, 1.82) is 0 Å². The van der Waals surface area contributed by atoms with E-state index in [1.807, 2.05) is 13.8 Å². The Morgan fingerprint density at radius 2 is 1.73 bits per heavy atom. The van der Waals surface area contributed by atoms with Crippen LogP contribution in [0.1, 0.15) is 47.5 Å². The van der Waals surface area contributed by atoms with E-state index in [4.69, 9.17) is 23.2 Å². The lowest BCUT2D eigenvalue weighted by atomic mass is 10.1. The van der Waals surface area contributed by atoms with Gasteiger partial charge in [-0.25, -0.2) is 22.7 Å². The second-order valence-electron chi connectivity index (χ2n) is 8.88. The number of hydrogen-bond donors (Lipinski definition) is 3. The normalized spacial score (nSPS) is 12.0. The third-order valence-corrected chi connectivity index (χ3v) is 6.84. The highest BCUT2D eigenvalue weighted by molar-refractivity contribution is 7.89. The van der Waals surface area contributed by atoms with Crippen LogP contribution in [0.2, 0.25) is 10.0 Å². The summed E-state index contributed by atoms with van der Waals surface area (Å²) in [7, 11) is -3.79. The number of carbonyl (C=O) groups is 2. The highest BCUT2D eigenvalue weighted by Gasteiger charge is 2.27. The van der Waals surface area contributed by atoms with Crippen molar-refractivity contribution in [2.24, 2.45) is 0 Å². The van der Waals surface area contributed by atoms with Crippen molar-refractivity contribution in [3.05, 3.63) is 28.2 Å². The lowest BCUT2D eigenvalue weighted by Gasteiger charge is -2.35. The summed E-state index contributed by atoms with van der Waals surface area (Å²) in [4.78, 5) is 26.9. The Morgan fingerprint density at radius 1 is 1.09 bits per heavy atom. The van der Waals surface area contributed by atoms with Crippen molar-refractivity contribution < 1.29 is 23.1 Å². The molecule has 0 aromatic heterocycles. The van der Waals surface area contributed by atoms with Crippen LogP contribution in [0.5, 0.6) is 0 Å². The van der Waals surface area contributed by atoms with E-state index in [9.17, 15) is 23.1 Å². The fourth-order valence-corrected chi connectivity index (χ4v) is 4.84. The molecule has 0 radical (unpaired) electrons. The Morgan fingerprint density at radius 3 is 2.24 bits per heavy atom. The number of nitrogens with zero attached hydrogens (tertiary/aromatic N) is 2. The molecule has 9 nitrogen and oxygen atoms in total. The van der Waals surface area contributed by atoms with Crippen LogP contribution in [0.4, 0.5) is 9.59 Å². The summed E-state index contributed by atoms with van der Waals surface area (Å²) in [5.74, 6) is 0. The fraction of sp³-hybridized carbons (Fsp3) is 0.619. The molecule has 1 rings (SSSR count). The van der Waals surface area contributed by atoms with Gasteiger partial charge in [0.05, 0.1) is 5.02 Å². The molecule has 0 unspecified atom stereocenters. The van der Waals surface area contributed by atoms with Gasteiger partial charge in [0.1, 0.15) is 4.90 Å². The number of halogens is 2. The molecule has 0 saturated heterocycles. The zero-order valence-corrected chi connectivity index (χ0v) is 22.0. The first-order chi connectivity index (χ1) is 15.1. The van der Waals surface area contributed by atoms with Crippen LogP contribution in [-0.4, -0.2) is 73.2 Å². The first-order valence-corrected chi connectivity index (χ1v) is 12.9. The maximum Gasteiger partial charge on any atom is 0.407 e. The number of sulfonamides is 1. The van der Waals surface area contributed by atoms with E-state index in [0.717, 1.165) is 0 Å². The van der Waals surface area contributed by atoms with Gasteiger partial charge in [0.15, 0.2) is 0 Å². The summed E-state index contributed by atoms with van der Waals surface area (Å²) in [6, 6.07) is 3.78. The van der Waals surface area contributed by atoms with Crippen molar-refractivity contribution >= 4 is 45.3 Å². The summed E-state index contributed by atoms with van der Waals surface area (Å²) >= 11 is 11.8. The van der Waals surface area contributed by atoms with Crippen molar-refractivity contribution in [3.8, 4) is 0 Å². The molecule has 0 fully saturated rings.